The Kier molecular flexibility index (Phi) is 2.87. The van der Waals surface area contributed by atoms with Gasteiger partial charge in [-0.15, -0.1) is 0 Å². The number of aromatic carboxylic acids is 1. The topological polar surface area (TPSA) is 76.0 Å². The van der Waals surface area contributed by atoms with Crippen molar-refractivity contribution >= 4 is 16.9 Å². The minimum absolute atomic E-state index is 0.237. The van der Waals surface area contributed by atoms with Gasteiger partial charge in [-0.1, -0.05) is 0 Å². The molecular formula is C15H11N3O2. The van der Waals surface area contributed by atoms with E-state index in [1.54, 1.807) is 30.6 Å². The number of benzene rings is 1. The normalized spacial score (nSPS) is 10.7. The standard InChI is InChI=1S/C15H11N3O2/c1-9-4-12(11-6-16-8-17-7-11)13-5-10(15(19)20)2-3-14(13)18-9/h2-8H,1H3,(H,19,20). The van der Waals surface area contributed by atoms with Crippen molar-refractivity contribution < 1.29 is 9.90 Å². The predicted octanol–water partition coefficient (Wildman–Crippen LogP) is 2.70. The molecule has 0 saturated heterocycles. The fraction of sp³-hybridized carbons (Fsp3) is 0.0667. The van der Waals surface area contributed by atoms with Crippen molar-refractivity contribution in [3.05, 3.63) is 54.2 Å². The van der Waals surface area contributed by atoms with Crippen molar-refractivity contribution in [3.8, 4) is 11.1 Å². The van der Waals surface area contributed by atoms with Crippen LogP contribution in [0, 0.1) is 6.92 Å². The average Bonchev–Trinajstić information content (AvgIpc) is 2.46. The smallest absolute Gasteiger partial charge is 0.335 e. The lowest BCUT2D eigenvalue weighted by Gasteiger charge is -2.08. The van der Waals surface area contributed by atoms with Gasteiger partial charge in [0.1, 0.15) is 6.33 Å². The van der Waals surface area contributed by atoms with E-state index in [0.717, 1.165) is 27.7 Å². The van der Waals surface area contributed by atoms with Crippen LogP contribution in [0.2, 0.25) is 0 Å². The third kappa shape index (κ3) is 2.09. The van der Waals surface area contributed by atoms with Gasteiger partial charge in [-0.05, 0) is 36.8 Å². The number of fused-ring (bicyclic) bond motifs is 1. The van der Waals surface area contributed by atoms with Gasteiger partial charge in [0.2, 0.25) is 0 Å². The lowest BCUT2D eigenvalue weighted by atomic mass is 10.0. The number of hydrogen-bond donors (Lipinski definition) is 1. The highest BCUT2D eigenvalue weighted by Crippen LogP contribution is 2.28. The van der Waals surface area contributed by atoms with E-state index in [9.17, 15) is 4.79 Å². The Hall–Kier alpha value is -2.82. The Bertz CT molecular complexity index is 801. The summed E-state index contributed by atoms with van der Waals surface area (Å²) < 4.78 is 0. The number of rotatable bonds is 2. The van der Waals surface area contributed by atoms with Crippen LogP contribution in [0.3, 0.4) is 0 Å². The molecule has 3 rings (SSSR count). The van der Waals surface area contributed by atoms with Gasteiger partial charge in [0, 0.05) is 29.0 Å². The number of hydrogen-bond acceptors (Lipinski definition) is 4. The Labute approximate surface area is 115 Å². The molecule has 0 saturated carbocycles. The molecule has 2 aromatic heterocycles. The fourth-order valence-electron chi connectivity index (χ4n) is 2.17. The molecule has 0 bridgehead atoms. The van der Waals surface area contributed by atoms with E-state index in [0.29, 0.717) is 0 Å². The summed E-state index contributed by atoms with van der Waals surface area (Å²) in [5.41, 5.74) is 3.58. The van der Waals surface area contributed by atoms with Crippen LogP contribution in [0.4, 0.5) is 0 Å². The van der Waals surface area contributed by atoms with Crippen LogP contribution >= 0.6 is 0 Å². The molecule has 0 radical (unpaired) electrons. The first kappa shape index (κ1) is 12.2. The average molecular weight is 265 g/mol. The van der Waals surface area contributed by atoms with E-state index < -0.39 is 5.97 Å². The summed E-state index contributed by atoms with van der Waals surface area (Å²) in [6.45, 7) is 1.90. The van der Waals surface area contributed by atoms with Crippen LogP contribution in [0.25, 0.3) is 22.0 Å². The Balaban J connectivity index is 2.34. The van der Waals surface area contributed by atoms with Crippen molar-refractivity contribution in [2.45, 2.75) is 6.92 Å². The van der Waals surface area contributed by atoms with Gasteiger partial charge in [0.15, 0.2) is 0 Å². The molecule has 0 unspecified atom stereocenters. The van der Waals surface area contributed by atoms with Gasteiger partial charge >= 0.3 is 5.97 Å². The third-order valence-corrected chi connectivity index (χ3v) is 3.06. The van der Waals surface area contributed by atoms with E-state index in [1.807, 2.05) is 13.0 Å². The highest BCUT2D eigenvalue weighted by Gasteiger charge is 2.10. The fourth-order valence-corrected chi connectivity index (χ4v) is 2.17. The Morgan fingerprint density at radius 1 is 1.15 bits per heavy atom. The van der Waals surface area contributed by atoms with Crippen molar-refractivity contribution in [1.29, 1.82) is 0 Å². The lowest BCUT2D eigenvalue weighted by Crippen LogP contribution is -1.97. The molecular weight excluding hydrogens is 254 g/mol. The highest BCUT2D eigenvalue weighted by molar-refractivity contribution is 5.99. The van der Waals surface area contributed by atoms with Gasteiger partial charge in [-0.25, -0.2) is 14.8 Å². The zero-order valence-electron chi connectivity index (χ0n) is 10.7. The Morgan fingerprint density at radius 2 is 1.90 bits per heavy atom. The zero-order chi connectivity index (χ0) is 14.1. The molecule has 2 heterocycles. The quantitative estimate of drug-likeness (QED) is 0.771. The van der Waals surface area contributed by atoms with E-state index in [2.05, 4.69) is 15.0 Å². The summed E-state index contributed by atoms with van der Waals surface area (Å²) >= 11 is 0. The number of aryl methyl sites for hydroxylation is 1. The van der Waals surface area contributed by atoms with E-state index in [-0.39, 0.29) is 5.56 Å². The molecule has 1 N–H and O–H groups in total. The summed E-state index contributed by atoms with van der Waals surface area (Å²) in [4.78, 5) is 23.6. The number of carbonyl (C=O) groups is 1. The van der Waals surface area contributed by atoms with Crippen LogP contribution in [0.15, 0.2) is 43.0 Å². The van der Waals surface area contributed by atoms with Crippen LogP contribution in [-0.4, -0.2) is 26.0 Å². The summed E-state index contributed by atoms with van der Waals surface area (Å²) in [7, 11) is 0. The molecule has 0 amide bonds. The SMILES string of the molecule is Cc1cc(-c2cncnc2)c2cc(C(=O)O)ccc2n1. The maximum absolute atomic E-state index is 11.1. The number of nitrogens with zero attached hydrogens (tertiary/aromatic N) is 3. The maximum atomic E-state index is 11.1. The molecule has 5 nitrogen and oxygen atoms in total. The van der Waals surface area contributed by atoms with Gasteiger partial charge in [-0.2, -0.15) is 0 Å². The van der Waals surface area contributed by atoms with Crippen LogP contribution in [0.1, 0.15) is 16.1 Å². The molecule has 20 heavy (non-hydrogen) atoms. The number of pyridine rings is 1. The molecule has 0 aliphatic carbocycles. The third-order valence-electron chi connectivity index (χ3n) is 3.06. The molecule has 0 spiro atoms. The summed E-state index contributed by atoms with van der Waals surface area (Å²) in [5.74, 6) is -0.956. The van der Waals surface area contributed by atoms with E-state index in [4.69, 9.17) is 5.11 Å². The summed E-state index contributed by atoms with van der Waals surface area (Å²) in [5, 5.41) is 9.90. The largest absolute Gasteiger partial charge is 0.478 e. The van der Waals surface area contributed by atoms with Crippen LogP contribution in [0.5, 0.6) is 0 Å². The second-order valence-electron chi connectivity index (χ2n) is 4.48. The number of carboxylic acid groups (broad SMARTS) is 1. The van der Waals surface area contributed by atoms with E-state index >= 15 is 0 Å². The van der Waals surface area contributed by atoms with Crippen LogP contribution < -0.4 is 0 Å². The minimum atomic E-state index is -0.956. The first-order valence-electron chi connectivity index (χ1n) is 6.05. The van der Waals surface area contributed by atoms with Crippen molar-refractivity contribution in [2.75, 3.05) is 0 Å². The molecule has 0 atom stereocenters. The molecule has 1 aromatic carbocycles. The summed E-state index contributed by atoms with van der Waals surface area (Å²) in [6, 6.07) is 6.82. The van der Waals surface area contributed by atoms with Gasteiger partial charge in [0.25, 0.3) is 0 Å². The number of carboxylic acids is 1. The van der Waals surface area contributed by atoms with Crippen LogP contribution in [-0.2, 0) is 0 Å². The first-order chi connectivity index (χ1) is 9.65. The first-order valence-corrected chi connectivity index (χ1v) is 6.05. The van der Waals surface area contributed by atoms with E-state index in [1.165, 1.54) is 6.33 Å². The minimum Gasteiger partial charge on any atom is -0.478 e. The second kappa shape index (κ2) is 4.70. The summed E-state index contributed by atoms with van der Waals surface area (Å²) in [6.07, 6.45) is 4.87. The van der Waals surface area contributed by atoms with Gasteiger partial charge in [-0.3, -0.25) is 4.98 Å². The second-order valence-corrected chi connectivity index (χ2v) is 4.48. The van der Waals surface area contributed by atoms with Crippen molar-refractivity contribution in [1.82, 2.24) is 15.0 Å². The van der Waals surface area contributed by atoms with Crippen molar-refractivity contribution in [3.63, 3.8) is 0 Å². The van der Waals surface area contributed by atoms with Crippen molar-refractivity contribution in [2.24, 2.45) is 0 Å². The number of aromatic nitrogens is 3. The zero-order valence-corrected chi connectivity index (χ0v) is 10.7. The molecule has 3 aromatic rings. The molecule has 0 fully saturated rings. The lowest BCUT2D eigenvalue weighted by molar-refractivity contribution is 0.0697. The predicted molar refractivity (Wildman–Crippen MR) is 74.5 cm³/mol. The molecule has 0 aliphatic rings. The molecule has 0 aliphatic heterocycles. The highest BCUT2D eigenvalue weighted by atomic mass is 16.4. The molecule has 98 valence electrons. The van der Waals surface area contributed by atoms with Gasteiger partial charge < -0.3 is 5.11 Å². The maximum Gasteiger partial charge on any atom is 0.335 e. The molecule has 5 heteroatoms. The van der Waals surface area contributed by atoms with Gasteiger partial charge in [0.05, 0.1) is 11.1 Å². The monoisotopic (exact) mass is 265 g/mol. The Morgan fingerprint density at radius 3 is 2.60 bits per heavy atom.